The number of thiocarbonyl (C=S) groups is 1. The molecular formula is C15H14Cl2N2O3S. The van der Waals surface area contributed by atoms with Gasteiger partial charge in [0, 0.05) is 5.02 Å². The maximum atomic E-state index is 12.0. The fourth-order valence-electron chi connectivity index (χ4n) is 1.65. The molecule has 1 atom stereocenters. The van der Waals surface area contributed by atoms with E-state index in [2.05, 4.69) is 10.6 Å². The number of hydrogen-bond acceptors (Lipinski definition) is 4. The van der Waals surface area contributed by atoms with E-state index < -0.39 is 12.0 Å². The van der Waals surface area contributed by atoms with Crippen molar-refractivity contribution in [2.45, 2.75) is 19.6 Å². The first-order chi connectivity index (χ1) is 11.0. The van der Waals surface area contributed by atoms with Crippen LogP contribution in [0.4, 0.5) is 0 Å². The molecule has 0 radical (unpaired) electrons. The van der Waals surface area contributed by atoms with Crippen LogP contribution in [-0.4, -0.2) is 17.1 Å². The van der Waals surface area contributed by atoms with E-state index in [0.717, 1.165) is 0 Å². The predicted octanol–water partition coefficient (Wildman–Crippen LogP) is 3.54. The number of nitrogens with one attached hydrogen (secondary N) is 2. The number of furan rings is 1. The van der Waals surface area contributed by atoms with Crippen LogP contribution in [0.5, 0.6) is 5.75 Å². The summed E-state index contributed by atoms with van der Waals surface area (Å²) < 4.78 is 10.7. The molecule has 1 amide bonds. The second-order valence-electron chi connectivity index (χ2n) is 4.59. The Labute approximate surface area is 148 Å². The van der Waals surface area contributed by atoms with Crippen molar-refractivity contribution in [3.8, 4) is 5.75 Å². The maximum Gasteiger partial charge on any atom is 0.266 e. The average molecular weight is 373 g/mol. The molecule has 5 nitrogen and oxygen atoms in total. The van der Waals surface area contributed by atoms with E-state index in [1.807, 2.05) is 0 Å². The molecule has 8 heteroatoms. The number of hydrogen-bond donors (Lipinski definition) is 2. The summed E-state index contributed by atoms with van der Waals surface area (Å²) in [5.74, 6) is 0.681. The first-order valence-corrected chi connectivity index (χ1v) is 7.85. The third-order valence-corrected chi connectivity index (χ3v) is 3.58. The fraction of sp³-hybridized carbons (Fsp3) is 0.200. The molecule has 0 aliphatic rings. The zero-order valence-corrected chi connectivity index (χ0v) is 14.5. The van der Waals surface area contributed by atoms with Crippen molar-refractivity contribution in [3.05, 3.63) is 52.4 Å². The van der Waals surface area contributed by atoms with Crippen LogP contribution < -0.4 is 15.4 Å². The smallest absolute Gasteiger partial charge is 0.266 e. The van der Waals surface area contributed by atoms with Gasteiger partial charge in [-0.1, -0.05) is 23.2 Å². The number of amides is 1. The number of benzene rings is 1. The van der Waals surface area contributed by atoms with Gasteiger partial charge >= 0.3 is 0 Å². The fourth-order valence-corrected chi connectivity index (χ4v) is 2.28. The highest BCUT2D eigenvalue weighted by Crippen LogP contribution is 2.28. The van der Waals surface area contributed by atoms with Gasteiger partial charge in [-0.2, -0.15) is 0 Å². The van der Waals surface area contributed by atoms with Crippen molar-refractivity contribution in [1.29, 1.82) is 0 Å². The van der Waals surface area contributed by atoms with Gasteiger partial charge < -0.3 is 14.5 Å². The van der Waals surface area contributed by atoms with Gasteiger partial charge in [0.05, 0.1) is 17.8 Å². The Balaban J connectivity index is 1.83. The quantitative estimate of drug-likeness (QED) is 0.785. The second-order valence-corrected chi connectivity index (χ2v) is 5.84. The zero-order valence-electron chi connectivity index (χ0n) is 12.1. The highest BCUT2D eigenvalue weighted by molar-refractivity contribution is 7.80. The van der Waals surface area contributed by atoms with E-state index >= 15 is 0 Å². The molecule has 0 bridgehead atoms. The summed E-state index contributed by atoms with van der Waals surface area (Å²) >= 11 is 16.9. The predicted molar refractivity (Wildman–Crippen MR) is 92.8 cm³/mol. The minimum absolute atomic E-state index is 0.184. The second kappa shape index (κ2) is 8.19. The summed E-state index contributed by atoms with van der Waals surface area (Å²) in [4.78, 5) is 12.0. The lowest BCUT2D eigenvalue weighted by Crippen LogP contribution is -2.44. The summed E-state index contributed by atoms with van der Waals surface area (Å²) in [7, 11) is 0. The maximum absolute atomic E-state index is 12.0. The Morgan fingerprint density at radius 3 is 2.83 bits per heavy atom. The summed E-state index contributed by atoms with van der Waals surface area (Å²) in [6, 6.07) is 8.33. The molecule has 0 saturated heterocycles. The van der Waals surface area contributed by atoms with Crippen molar-refractivity contribution in [1.82, 2.24) is 10.6 Å². The number of halogens is 2. The van der Waals surface area contributed by atoms with Gasteiger partial charge in [0.2, 0.25) is 0 Å². The van der Waals surface area contributed by atoms with Gasteiger partial charge in [0.15, 0.2) is 11.2 Å². The van der Waals surface area contributed by atoms with E-state index in [9.17, 15) is 4.79 Å². The van der Waals surface area contributed by atoms with Crippen molar-refractivity contribution in [2.24, 2.45) is 0 Å². The van der Waals surface area contributed by atoms with Gasteiger partial charge in [-0.05, 0) is 49.5 Å². The van der Waals surface area contributed by atoms with E-state index in [-0.39, 0.29) is 5.11 Å². The van der Waals surface area contributed by atoms with Gasteiger partial charge in [0.25, 0.3) is 5.91 Å². The Hall–Kier alpha value is -1.76. The van der Waals surface area contributed by atoms with Crippen LogP contribution in [0.1, 0.15) is 12.7 Å². The SMILES string of the molecule is C[C@@H](Oc1ccc(Cl)cc1Cl)C(=O)NC(=S)NCc1ccco1. The van der Waals surface area contributed by atoms with Gasteiger partial charge in [-0.25, -0.2) is 0 Å². The van der Waals surface area contributed by atoms with Crippen molar-refractivity contribution in [2.75, 3.05) is 0 Å². The monoisotopic (exact) mass is 372 g/mol. The standard InChI is InChI=1S/C15H14Cl2N2O3S/c1-9(22-13-5-4-10(16)7-12(13)17)14(20)19-15(23)18-8-11-3-2-6-21-11/h2-7,9H,8H2,1H3,(H2,18,19,20,23)/t9-/m1/s1. The van der Waals surface area contributed by atoms with Crippen LogP contribution in [0.3, 0.4) is 0 Å². The number of ether oxygens (including phenoxy) is 1. The van der Waals surface area contributed by atoms with Crippen LogP contribution in [0.15, 0.2) is 41.0 Å². The molecule has 0 spiro atoms. The number of carbonyl (C=O) groups excluding carboxylic acids is 1. The lowest BCUT2D eigenvalue weighted by molar-refractivity contribution is -0.125. The Morgan fingerprint density at radius 1 is 1.39 bits per heavy atom. The number of carbonyl (C=O) groups is 1. The van der Waals surface area contributed by atoms with Crippen molar-refractivity contribution in [3.63, 3.8) is 0 Å². The van der Waals surface area contributed by atoms with Gasteiger partial charge in [-0.3, -0.25) is 10.1 Å². The summed E-state index contributed by atoms with van der Waals surface area (Å²) in [5.41, 5.74) is 0. The lowest BCUT2D eigenvalue weighted by Gasteiger charge is -2.16. The summed E-state index contributed by atoms with van der Waals surface area (Å²) in [6.45, 7) is 1.97. The van der Waals surface area contributed by atoms with E-state index in [0.29, 0.717) is 28.1 Å². The Morgan fingerprint density at radius 2 is 2.17 bits per heavy atom. The summed E-state index contributed by atoms with van der Waals surface area (Å²) in [5, 5.41) is 6.40. The highest BCUT2D eigenvalue weighted by Gasteiger charge is 2.17. The Kier molecular flexibility index (Phi) is 6.27. The third-order valence-electron chi connectivity index (χ3n) is 2.81. The van der Waals surface area contributed by atoms with Gasteiger partial charge in [-0.15, -0.1) is 0 Å². The first-order valence-electron chi connectivity index (χ1n) is 6.68. The molecule has 23 heavy (non-hydrogen) atoms. The molecule has 1 aromatic heterocycles. The first kappa shape index (κ1) is 17.6. The molecule has 1 aromatic carbocycles. The zero-order chi connectivity index (χ0) is 16.8. The normalized spacial score (nSPS) is 11.6. The van der Waals surface area contributed by atoms with E-state index in [1.54, 1.807) is 43.5 Å². The largest absolute Gasteiger partial charge is 0.479 e. The minimum atomic E-state index is -0.781. The Bertz CT molecular complexity index is 692. The number of rotatable bonds is 5. The van der Waals surface area contributed by atoms with E-state index in [4.69, 9.17) is 44.6 Å². The molecule has 122 valence electrons. The van der Waals surface area contributed by atoms with Crippen molar-refractivity contribution >= 4 is 46.4 Å². The van der Waals surface area contributed by atoms with Crippen LogP contribution in [-0.2, 0) is 11.3 Å². The molecule has 2 aromatic rings. The molecule has 0 unspecified atom stereocenters. The van der Waals surface area contributed by atoms with Gasteiger partial charge in [0.1, 0.15) is 11.5 Å². The van der Waals surface area contributed by atoms with Crippen LogP contribution >= 0.6 is 35.4 Å². The van der Waals surface area contributed by atoms with Crippen LogP contribution in [0, 0.1) is 0 Å². The molecule has 0 aliphatic heterocycles. The van der Waals surface area contributed by atoms with Crippen LogP contribution in [0.2, 0.25) is 10.0 Å². The average Bonchev–Trinajstić information content (AvgIpc) is 3.01. The molecule has 0 aliphatic carbocycles. The molecule has 1 heterocycles. The summed E-state index contributed by atoms with van der Waals surface area (Å²) in [6.07, 6.45) is 0.779. The van der Waals surface area contributed by atoms with Crippen LogP contribution in [0.25, 0.3) is 0 Å². The van der Waals surface area contributed by atoms with E-state index in [1.165, 1.54) is 0 Å². The molecule has 0 fully saturated rings. The van der Waals surface area contributed by atoms with Crippen molar-refractivity contribution < 1.29 is 13.9 Å². The molecule has 2 N–H and O–H groups in total. The lowest BCUT2D eigenvalue weighted by atomic mass is 10.3. The molecule has 0 saturated carbocycles. The molecule has 2 rings (SSSR count). The minimum Gasteiger partial charge on any atom is -0.479 e. The third kappa shape index (κ3) is 5.42. The molecular weight excluding hydrogens is 359 g/mol. The topological polar surface area (TPSA) is 63.5 Å². The highest BCUT2D eigenvalue weighted by atomic mass is 35.5.